The van der Waals surface area contributed by atoms with E-state index in [0.717, 1.165) is 89.2 Å². The Morgan fingerprint density at radius 3 is 1.86 bits per heavy atom. The molecular formula is C54H64N8O4. The number of rotatable bonds is 14. The zero-order valence-corrected chi connectivity index (χ0v) is 39.1. The van der Waals surface area contributed by atoms with Crippen LogP contribution in [-0.4, -0.2) is 84.3 Å². The Morgan fingerprint density at radius 2 is 1.29 bits per heavy atom. The molecule has 2 aromatic heterocycles. The van der Waals surface area contributed by atoms with Gasteiger partial charge < -0.3 is 39.9 Å². The molecule has 1 unspecified atom stereocenters. The Bertz CT molecular complexity index is 2490. The van der Waals surface area contributed by atoms with Crippen LogP contribution in [0.4, 0.5) is 5.69 Å². The third-order valence-corrected chi connectivity index (χ3v) is 10.5. The van der Waals surface area contributed by atoms with E-state index in [4.69, 9.17) is 19.5 Å². The van der Waals surface area contributed by atoms with Crippen molar-refractivity contribution in [2.75, 3.05) is 46.2 Å². The molecule has 0 aliphatic carbocycles. The van der Waals surface area contributed by atoms with Gasteiger partial charge in [0.2, 0.25) is 5.91 Å². The molecule has 12 nitrogen and oxygen atoms in total. The standard InChI is InChI=1S/C48H46N6O3.2C2H7N.C2H4O/c1-2-28-53(40-17-10-5-11-18-40)32-43-51-45(46(52-43)48(56)57-33-35-15-8-4-9-16-35)39-26-22-37(23-27-39)36-20-24-38(25-21-36)41-31-49-47(50-41)42-19-12-29-54(42)44(55)30-34-13-6-3-7-14-34;2*1-3-2;1-2-3/h3-11,13-18,20-27,31,42H,2,12,19,28-30,32-33H2,1H3,(H,49,50)(H,51,52);2*3H,1-2H3;2H,1H3. The summed E-state index contributed by atoms with van der Waals surface area (Å²) in [4.78, 5) is 56.4. The highest BCUT2D eigenvalue weighted by atomic mass is 16.5. The fraction of sp³-hybridized carbons (Fsp3) is 0.278. The quantitative estimate of drug-likeness (QED) is 0.0619. The first kappa shape index (κ1) is 49.9. The molecule has 1 aliphatic heterocycles. The molecular weight excluding hydrogens is 825 g/mol. The number of nitrogens with zero attached hydrogens (tertiary/aromatic N) is 4. The lowest BCUT2D eigenvalue weighted by molar-refractivity contribution is -0.131. The molecule has 1 saturated heterocycles. The number of aldehydes is 1. The van der Waals surface area contributed by atoms with Crippen LogP contribution in [0.25, 0.3) is 33.6 Å². The van der Waals surface area contributed by atoms with Crippen LogP contribution in [-0.2, 0) is 33.9 Å². The van der Waals surface area contributed by atoms with Gasteiger partial charge in [-0.15, -0.1) is 0 Å². The Morgan fingerprint density at radius 1 is 0.758 bits per heavy atom. The molecule has 8 rings (SSSR count). The summed E-state index contributed by atoms with van der Waals surface area (Å²) in [6.07, 6.45) is 5.83. The number of H-pyrrole nitrogens is 2. The lowest BCUT2D eigenvalue weighted by Crippen LogP contribution is -2.32. The van der Waals surface area contributed by atoms with Crippen LogP contribution in [0.5, 0.6) is 0 Å². The zero-order chi connectivity index (χ0) is 47.1. The first-order valence-corrected chi connectivity index (χ1v) is 22.5. The zero-order valence-electron chi connectivity index (χ0n) is 39.1. The first-order chi connectivity index (χ1) is 32.3. The first-order valence-electron chi connectivity index (χ1n) is 22.5. The molecule has 12 heteroatoms. The van der Waals surface area contributed by atoms with E-state index in [1.807, 2.05) is 130 Å². The van der Waals surface area contributed by atoms with Crippen molar-refractivity contribution in [3.63, 3.8) is 0 Å². The van der Waals surface area contributed by atoms with Crippen LogP contribution >= 0.6 is 0 Å². The van der Waals surface area contributed by atoms with Gasteiger partial charge in [-0.2, -0.15) is 0 Å². The number of imidazole rings is 2. The van der Waals surface area contributed by atoms with Gasteiger partial charge in [0.1, 0.15) is 30.2 Å². The van der Waals surface area contributed by atoms with Gasteiger partial charge in [0.25, 0.3) is 0 Å². The second kappa shape index (κ2) is 26.6. The average molecular weight is 889 g/mol. The fourth-order valence-electron chi connectivity index (χ4n) is 7.57. The minimum atomic E-state index is -0.449. The molecule has 1 atom stereocenters. The van der Waals surface area contributed by atoms with Crippen molar-refractivity contribution < 1.29 is 19.1 Å². The highest BCUT2D eigenvalue weighted by Crippen LogP contribution is 2.33. The van der Waals surface area contributed by atoms with E-state index in [0.29, 0.717) is 30.2 Å². The number of hydrogen-bond donors (Lipinski definition) is 4. The highest BCUT2D eigenvalue weighted by Gasteiger charge is 2.32. The van der Waals surface area contributed by atoms with Crippen molar-refractivity contribution in [2.24, 2.45) is 0 Å². The van der Waals surface area contributed by atoms with Crippen molar-refractivity contribution in [1.29, 1.82) is 0 Å². The predicted octanol–water partition coefficient (Wildman–Crippen LogP) is 9.69. The molecule has 0 radical (unpaired) electrons. The second-order valence-corrected chi connectivity index (χ2v) is 15.7. The number of aromatic amines is 2. The summed E-state index contributed by atoms with van der Waals surface area (Å²) in [7, 11) is 7.50. The number of anilines is 1. The molecule has 1 aliphatic rings. The maximum atomic E-state index is 13.6. The minimum Gasteiger partial charge on any atom is -0.456 e. The third-order valence-electron chi connectivity index (χ3n) is 10.5. The summed E-state index contributed by atoms with van der Waals surface area (Å²) in [6.45, 7) is 5.87. The maximum Gasteiger partial charge on any atom is 0.357 e. The van der Waals surface area contributed by atoms with Gasteiger partial charge in [0, 0.05) is 24.3 Å². The molecule has 4 N–H and O–H groups in total. The van der Waals surface area contributed by atoms with Gasteiger partial charge >= 0.3 is 5.97 Å². The summed E-state index contributed by atoms with van der Waals surface area (Å²) in [5.41, 5.74) is 8.79. The Balaban J connectivity index is 0.000000841. The summed E-state index contributed by atoms with van der Waals surface area (Å²) >= 11 is 0. The number of esters is 1. The molecule has 1 fully saturated rings. The summed E-state index contributed by atoms with van der Waals surface area (Å²) in [6, 6.07) is 46.3. The Kier molecular flexibility index (Phi) is 20.1. The fourth-order valence-corrected chi connectivity index (χ4v) is 7.57. The van der Waals surface area contributed by atoms with Gasteiger partial charge in [-0.05, 0) is 94.3 Å². The van der Waals surface area contributed by atoms with Crippen LogP contribution in [0.2, 0.25) is 0 Å². The molecule has 7 aromatic rings. The van der Waals surface area contributed by atoms with Crippen LogP contribution < -0.4 is 15.5 Å². The maximum absolute atomic E-state index is 13.6. The highest BCUT2D eigenvalue weighted by molar-refractivity contribution is 5.94. The Hall–Kier alpha value is -7.15. The average Bonchev–Trinajstić information content (AvgIpc) is 4.14. The summed E-state index contributed by atoms with van der Waals surface area (Å²) in [5, 5.41) is 5.50. The number of nitrogens with one attached hydrogen (secondary N) is 4. The van der Waals surface area contributed by atoms with Crippen LogP contribution in [0, 0.1) is 0 Å². The predicted molar refractivity (Wildman–Crippen MR) is 266 cm³/mol. The molecule has 344 valence electrons. The lowest BCUT2D eigenvalue weighted by Gasteiger charge is -2.23. The number of ether oxygens (including phenoxy) is 1. The molecule has 5 aromatic carbocycles. The molecule has 66 heavy (non-hydrogen) atoms. The van der Waals surface area contributed by atoms with E-state index in [1.165, 1.54) is 6.92 Å². The molecule has 0 bridgehead atoms. The van der Waals surface area contributed by atoms with Gasteiger partial charge in [0.05, 0.1) is 30.9 Å². The number of hydrogen-bond acceptors (Lipinski definition) is 9. The van der Waals surface area contributed by atoms with Crippen molar-refractivity contribution >= 4 is 23.9 Å². The van der Waals surface area contributed by atoms with E-state index in [9.17, 15) is 9.59 Å². The van der Waals surface area contributed by atoms with Gasteiger partial charge in [-0.25, -0.2) is 14.8 Å². The molecule has 3 heterocycles. The third kappa shape index (κ3) is 14.2. The number of aromatic nitrogens is 4. The van der Waals surface area contributed by atoms with E-state index in [-0.39, 0.29) is 18.6 Å². The van der Waals surface area contributed by atoms with Crippen molar-refractivity contribution in [3.05, 3.63) is 174 Å². The molecule has 1 amide bonds. The van der Waals surface area contributed by atoms with Crippen molar-refractivity contribution in [2.45, 2.75) is 58.7 Å². The van der Waals surface area contributed by atoms with Gasteiger partial charge in [0.15, 0.2) is 5.69 Å². The smallest absolute Gasteiger partial charge is 0.357 e. The number of para-hydroxylation sites is 1. The number of carbonyl (C=O) groups is 3. The number of amides is 1. The van der Waals surface area contributed by atoms with Crippen molar-refractivity contribution in [3.8, 4) is 33.6 Å². The van der Waals surface area contributed by atoms with E-state index < -0.39 is 5.97 Å². The number of benzene rings is 5. The van der Waals surface area contributed by atoms with E-state index in [1.54, 1.807) is 0 Å². The van der Waals surface area contributed by atoms with E-state index in [2.05, 4.69) is 81.0 Å². The number of likely N-dealkylation sites (tertiary alicyclic amines) is 1. The summed E-state index contributed by atoms with van der Waals surface area (Å²) < 4.78 is 5.79. The van der Waals surface area contributed by atoms with E-state index >= 15 is 0 Å². The largest absolute Gasteiger partial charge is 0.456 e. The molecule has 0 saturated carbocycles. The lowest BCUT2D eigenvalue weighted by atomic mass is 10.0. The van der Waals surface area contributed by atoms with Crippen LogP contribution in [0.15, 0.2) is 146 Å². The molecule has 0 spiro atoms. The number of carbonyl (C=O) groups excluding carboxylic acids is 3. The Labute approximate surface area is 389 Å². The minimum absolute atomic E-state index is 0.0521. The van der Waals surface area contributed by atoms with Crippen molar-refractivity contribution in [1.82, 2.24) is 35.5 Å². The normalized spacial score (nSPS) is 12.6. The van der Waals surface area contributed by atoms with Crippen LogP contribution in [0.1, 0.15) is 72.4 Å². The van der Waals surface area contributed by atoms with Crippen LogP contribution in [0.3, 0.4) is 0 Å². The topological polar surface area (TPSA) is 148 Å². The summed E-state index contributed by atoms with van der Waals surface area (Å²) in [5.74, 6) is 1.20. The van der Waals surface area contributed by atoms with Gasteiger partial charge in [-0.3, -0.25) is 4.79 Å². The SMILES string of the molecule is CC=O.CCCN(Cc1nc(-c2ccc(-c3ccc(-c4cnc(C5CCCN5C(=O)Cc5ccccc5)[nH]4)cc3)cc2)c(C(=O)OCc2ccccc2)[nH]1)c1ccccc1.CNC.CNC. The monoisotopic (exact) mass is 889 g/mol. The second-order valence-electron chi connectivity index (χ2n) is 15.7. The van der Waals surface area contributed by atoms with Gasteiger partial charge in [-0.1, -0.05) is 134 Å².